The molecule has 40 heavy (non-hydrogen) atoms. The third-order valence-corrected chi connectivity index (χ3v) is 8.46. The van der Waals surface area contributed by atoms with E-state index < -0.39 is 6.04 Å². The van der Waals surface area contributed by atoms with Crippen LogP contribution in [-0.4, -0.2) is 4.57 Å². The van der Waals surface area contributed by atoms with Crippen molar-refractivity contribution in [2.45, 2.75) is 25.5 Å². The van der Waals surface area contributed by atoms with Crippen LogP contribution in [0, 0.1) is 5.82 Å². The number of ether oxygens (including phenoxy) is 1. The van der Waals surface area contributed by atoms with Gasteiger partial charge in [-0.25, -0.2) is 9.38 Å². The molecule has 0 saturated carbocycles. The molecule has 1 atom stereocenters. The number of benzene rings is 4. The highest BCUT2D eigenvalue weighted by Crippen LogP contribution is 2.41. The standard InChI is InChI=1S/C34H25FN2O2S/c35-26-14-8-13-25(19-26)32-28-18-17-23-11-4-6-15-27(23)31(28)36-34-37(32)33(38)30(40-34)20-24-12-5-7-16-29(24)39-21-22-9-2-1-3-10-22/h1-16,19-20,32H,17-18,21H2/b30-20-/t32-/m0/s1. The average molecular weight is 545 g/mol. The monoisotopic (exact) mass is 544 g/mol. The molecule has 0 bridgehead atoms. The van der Waals surface area contributed by atoms with Crippen molar-refractivity contribution in [3.8, 4) is 5.75 Å². The van der Waals surface area contributed by atoms with Crippen LogP contribution in [-0.2, 0) is 13.0 Å². The van der Waals surface area contributed by atoms with Gasteiger partial charge < -0.3 is 4.74 Å². The molecule has 4 aromatic carbocycles. The minimum Gasteiger partial charge on any atom is -0.488 e. The maximum Gasteiger partial charge on any atom is 0.271 e. The van der Waals surface area contributed by atoms with Gasteiger partial charge in [0.2, 0.25) is 0 Å². The normalized spacial score (nSPS) is 16.1. The molecule has 0 fully saturated rings. The molecule has 2 heterocycles. The lowest BCUT2D eigenvalue weighted by Crippen LogP contribution is -2.38. The number of aromatic nitrogens is 1. The fourth-order valence-electron chi connectivity index (χ4n) is 5.61. The minimum atomic E-state index is -0.415. The summed E-state index contributed by atoms with van der Waals surface area (Å²) in [4.78, 5) is 19.7. The Kier molecular flexibility index (Phi) is 6.25. The number of thiazole rings is 1. The molecule has 2 aliphatic rings. The van der Waals surface area contributed by atoms with Crippen LogP contribution in [0.4, 0.5) is 4.39 Å². The summed E-state index contributed by atoms with van der Waals surface area (Å²) < 4.78 is 22.9. The van der Waals surface area contributed by atoms with E-state index >= 15 is 0 Å². The van der Waals surface area contributed by atoms with E-state index in [0.717, 1.165) is 46.4 Å². The predicted octanol–water partition coefficient (Wildman–Crippen LogP) is 6.04. The third-order valence-electron chi connectivity index (χ3n) is 7.48. The Bertz CT molecular complexity index is 1960. The zero-order valence-corrected chi connectivity index (χ0v) is 22.4. The molecular weight excluding hydrogens is 519 g/mol. The number of nitrogens with zero attached hydrogens (tertiary/aromatic N) is 2. The Hall–Kier alpha value is -4.55. The second-order valence-corrected chi connectivity index (χ2v) is 11.0. The van der Waals surface area contributed by atoms with Crippen molar-refractivity contribution in [2.75, 3.05) is 0 Å². The fourth-order valence-corrected chi connectivity index (χ4v) is 6.60. The number of fused-ring (bicyclic) bond motifs is 3. The number of halogens is 1. The van der Waals surface area contributed by atoms with Gasteiger partial charge >= 0.3 is 0 Å². The van der Waals surface area contributed by atoms with Gasteiger partial charge in [-0.1, -0.05) is 96.3 Å². The van der Waals surface area contributed by atoms with Gasteiger partial charge in [-0.15, -0.1) is 0 Å². The number of hydrogen-bond acceptors (Lipinski definition) is 4. The topological polar surface area (TPSA) is 43.6 Å². The van der Waals surface area contributed by atoms with E-state index in [1.807, 2.05) is 78.9 Å². The van der Waals surface area contributed by atoms with Gasteiger partial charge in [-0.05, 0) is 59.4 Å². The Morgan fingerprint density at radius 1 is 0.925 bits per heavy atom. The number of para-hydroxylation sites is 1. The van der Waals surface area contributed by atoms with Gasteiger partial charge in [0.15, 0.2) is 4.80 Å². The van der Waals surface area contributed by atoms with Gasteiger partial charge in [0.25, 0.3) is 5.56 Å². The molecule has 4 nitrogen and oxygen atoms in total. The first-order valence-electron chi connectivity index (χ1n) is 13.3. The quantitative estimate of drug-likeness (QED) is 0.271. The molecule has 0 radical (unpaired) electrons. The van der Waals surface area contributed by atoms with Crippen LogP contribution in [0.25, 0.3) is 11.8 Å². The minimum absolute atomic E-state index is 0.138. The highest BCUT2D eigenvalue weighted by atomic mass is 32.1. The van der Waals surface area contributed by atoms with Crippen LogP contribution in [0.1, 0.15) is 40.3 Å². The summed E-state index contributed by atoms with van der Waals surface area (Å²) in [5, 5.41) is 0. The van der Waals surface area contributed by atoms with Gasteiger partial charge in [0, 0.05) is 11.1 Å². The summed E-state index contributed by atoms with van der Waals surface area (Å²) in [7, 11) is 0. The van der Waals surface area contributed by atoms with Crippen molar-refractivity contribution in [3.05, 3.63) is 162 Å². The third kappa shape index (κ3) is 4.40. The number of hydrogen-bond donors (Lipinski definition) is 0. The van der Waals surface area contributed by atoms with Crippen LogP contribution in [0.2, 0.25) is 0 Å². The average Bonchev–Trinajstić information content (AvgIpc) is 3.30. The highest BCUT2D eigenvalue weighted by molar-refractivity contribution is 7.07. The summed E-state index contributed by atoms with van der Waals surface area (Å²) >= 11 is 1.36. The maximum absolute atomic E-state index is 14.4. The highest BCUT2D eigenvalue weighted by Gasteiger charge is 2.32. The molecule has 0 N–H and O–H groups in total. The summed E-state index contributed by atoms with van der Waals surface area (Å²) in [6.45, 7) is 0.429. The first-order chi connectivity index (χ1) is 19.7. The summed E-state index contributed by atoms with van der Waals surface area (Å²) in [5.41, 5.74) is 6.78. The van der Waals surface area contributed by atoms with Crippen LogP contribution < -0.4 is 19.6 Å². The first kappa shape index (κ1) is 24.5. The van der Waals surface area contributed by atoms with Crippen molar-refractivity contribution < 1.29 is 9.13 Å². The molecule has 5 aromatic rings. The summed E-state index contributed by atoms with van der Waals surface area (Å²) in [6, 6.07) is 32.1. The van der Waals surface area contributed by atoms with Crippen molar-refractivity contribution in [1.82, 2.24) is 4.57 Å². The molecule has 0 spiro atoms. The molecule has 7 rings (SSSR count). The van der Waals surface area contributed by atoms with Crippen molar-refractivity contribution in [3.63, 3.8) is 0 Å². The van der Waals surface area contributed by atoms with Crippen LogP contribution in [0.3, 0.4) is 0 Å². The molecule has 1 aliphatic carbocycles. The Labute approximate surface area is 234 Å². The van der Waals surface area contributed by atoms with Crippen LogP contribution in [0.15, 0.2) is 118 Å². The van der Waals surface area contributed by atoms with Gasteiger partial charge in [-0.3, -0.25) is 9.36 Å². The van der Waals surface area contributed by atoms with Gasteiger partial charge in [0.1, 0.15) is 18.2 Å². The van der Waals surface area contributed by atoms with E-state index in [1.54, 1.807) is 10.6 Å². The molecule has 1 aromatic heterocycles. The Morgan fingerprint density at radius 3 is 2.60 bits per heavy atom. The SMILES string of the molecule is O=c1/c(=C/c2ccccc2OCc2ccccc2)sc2n1[C@@H](c1cccc(F)c1)C1=C(N=2)c2ccccc2CC1. The van der Waals surface area contributed by atoms with Crippen molar-refractivity contribution >= 4 is 23.1 Å². The number of allylic oxidation sites excluding steroid dienone is 1. The zero-order valence-electron chi connectivity index (χ0n) is 21.6. The van der Waals surface area contributed by atoms with E-state index in [0.29, 0.717) is 21.7 Å². The molecule has 6 heteroatoms. The molecule has 196 valence electrons. The summed E-state index contributed by atoms with van der Waals surface area (Å²) in [5.74, 6) is 0.381. The molecule has 0 amide bonds. The molecule has 0 saturated heterocycles. The van der Waals surface area contributed by atoms with Crippen LogP contribution in [0.5, 0.6) is 5.75 Å². The second kappa shape index (κ2) is 10.2. The molecule has 0 unspecified atom stereocenters. The maximum atomic E-state index is 14.4. The van der Waals surface area contributed by atoms with E-state index in [4.69, 9.17) is 9.73 Å². The first-order valence-corrected chi connectivity index (χ1v) is 14.1. The van der Waals surface area contributed by atoms with E-state index in [2.05, 4.69) is 12.1 Å². The molecule has 1 aliphatic heterocycles. The van der Waals surface area contributed by atoms with E-state index in [-0.39, 0.29) is 11.4 Å². The lowest BCUT2D eigenvalue weighted by Gasteiger charge is -2.30. The molecular formula is C34H25FN2O2S. The Balaban J connectivity index is 1.38. The van der Waals surface area contributed by atoms with Crippen LogP contribution >= 0.6 is 11.3 Å². The Morgan fingerprint density at radius 2 is 1.73 bits per heavy atom. The summed E-state index contributed by atoms with van der Waals surface area (Å²) in [6.07, 6.45) is 3.49. The fraction of sp³-hybridized carbons (Fsp3) is 0.118. The zero-order chi connectivity index (χ0) is 27.1. The van der Waals surface area contributed by atoms with Crippen molar-refractivity contribution in [2.24, 2.45) is 4.99 Å². The smallest absolute Gasteiger partial charge is 0.271 e. The van der Waals surface area contributed by atoms with Gasteiger partial charge in [0.05, 0.1) is 16.3 Å². The van der Waals surface area contributed by atoms with Gasteiger partial charge in [-0.2, -0.15) is 0 Å². The van der Waals surface area contributed by atoms with Crippen molar-refractivity contribution in [1.29, 1.82) is 0 Å². The second-order valence-electron chi connectivity index (χ2n) is 9.98. The lowest BCUT2D eigenvalue weighted by atomic mass is 9.83. The number of aryl methyl sites for hydroxylation is 1. The largest absolute Gasteiger partial charge is 0.488 e. The van der Waals surface area contributed by atoms with E-state index in [9.17, 15) is 9.18 Å². The van der Waals surface area contributed by atoms with E-state index in [1.165, 1.54) is 29.0 Å². The predicted molar refractivity (Wildman–Crippen MR) is 156 cm³/mol. The number of rotatable bonds is 5. The lowest BCUT2D eigenvalue weighted by molar-refractivity contribution is 0.305.